The van der Waals surface area contributed by atoms with Crippen LogP contribution in [0.1, 0.15) is 15.9 Å². The van der Waals surface area contributed by atoms with Gasteiger partial charge in [0.05, 0.1) is 23.7 Å². The molecule has 1 aliphatic rings. The first-order chi connectivity index (χ1) is 12.9. The van der Waals surface area contributed by atoms with Crippen LogP contribution in [0.4, 0.5) is 0 Å². The van der Waals surface area contributed by atoms with Crippen molar-refractivity contribution in [3.8, 4) is 0 Å². The van der Waals surface area contributed by atoms with Crippen molar-refractivity contribution in [2.45, 2.75) is 24.2 Å². The molecule has 1 fully saturated rings. The molecule has 144 valence electrons. The summed E-state index contributed by atoms with van der Waals surface area (Å²) in [7, 11) is -3.86. The fourth-order valence-corrected chi connectivity index (χ4v) is 3.36. The first-order valence-corrected chi connectivity index (χ1v) is 9.80. The van der Waals surface area contributed by atoms with Gasteiger partial charge in [0, 0.05) is 0 Å². The van der Waals surface area contributed by atoms with Gasteiger partial charge in [0.25, 0.3) is 10.1 Å². The Labute approximate surface area is 157 Å². The van der Waals surface area contributed by atoms with Gasteiger partial charge in [0.15, 0.2) is 6.29 Å². The van der Waals surface area contributed by atoms with Gasteiger partial charge < -0.3 is 14.2 Å². The topological polar surface area (TPSA) is 88.1 Å². The van der Waals surface area contributed by atoms with Crippen LogP contribution in [0, 0.1) is 6.92 Å². The van der Waals surface area contributed by atoms with E-state index < -0.39 is 28.5 Å². The normalized spacial score (nSPS) is 19.7. The van der Waals surface area contributed by atoms with Crippen molar-refractivity contribution in [2.75, 3.05) is 19.8 Å². The zero-order valence-corrected chi connectivity index (χ0v) is 15.6. The summed E-state index contributed by atoms with van der Waals surface area (Å²) in [6.45, 7) is 1.75. The molecule has 0 spiro atoms. The highest BCUT2D eigenvalue weighted by molar-refractivity contribution is 7.86. The molecule has 8 heteroatoms. The molecule has 2 atom stereocenters. The number of ether oxygens (including phenoxy) is 3. The molecule has 0 N–H and O–H groups in total. The quantitative estimate of drug-likeness (QED) is 0.528. The van der Waals surface area contributed by atoms with E-state index in [1.54, 1.807) is 42.5 Å². The molecule has 0 amide bonds. The van der Waals surface area contributed by atoms with Gasteiger partial charge in [-0.15, -0.1) is 0 Å². The molecular formula is C19H20O7S. The van der Waals surface area contributed by atoms with E-state index in [2.05, 4.69) is 0 Å². The number of benzene rings is 2. The highest BCUT2D eigenvalue weighted by Crippen LogP contribution is 2.17. The largest absolute Gasteiger partial charge is 0.457 e. The van der Waals surface area contributed by atoms with Gasteiger partial charge in [-0.3, -0.25) is 4.18 Å². The molecule has 0 aliphatic carbocycles. The standard InChI is InChI=1S/C19H20O7S/c1-14-7-9-17(10-8-14)27(21,22)25-12-16-11-23-18(26-16)13-24-19(20)15-5-3-2-4-6-15/h2-10,16,18H,11-13H2,1H3. The van der Waals surface area contributed by atoms with E-state index in [-0.39, 0.29) is 24.7 Å². The molecule has 27 heavy (non-hydrogen) atoms. The monoisotopic (exact) mass is 392 g/mol. The Morgan fingerprint density at radius 1 is 1.07 bits per heavy atom. The SMILES string of the molecule is Cc1ccc(S(=O)(=O)OCC2COC(COC(=O)c3ccccc3)O2)cc1. The van der Waals surface area contributed by atoms with Crippen molar-refractivity contribution in [2.24, 2.45) is 0 Å². The minimum Gasteiger partial charge on any atom is -0.457 e. The third-order valence-electron chi connectivity index (χ3n) is 3.89. The Kier molecular flexibility index (Phi) is 6.22. The van der Waals surface area contributed by atoms with E-state index >= 15 is 0 Å². The minimum atomic E-state index is -3.86. The second-order valence-corrected chi connectivity index (χ2v) is 7.65. The fraction of sp³-hybridized carbons (Fsp3) is 0.316. The van der Waals surface area contributed by atoms with E-state index in [0.717, 1.165) is 5.56 Å². The highest BCUT2D eigenvalue weighted by Gasteiger charge is 2.29. The van der Waals surface area contributed by atoms with Crippen LogP contribution < -0.4 is 0 Å². The number of carbonyl (C=O) groups excluding carboxylic acids is 1. The average molecular weight is 392 g/mol. The molecule has 1 saturated heterocycles. The Balaban J connectivity index is 1.44. The minimum absolute atomic E-state index is 0.0837. The van der Waals surface area contributed by atoms with E-state index in [4.69, 9.17) is 18.4 Å². The van der Waals surface area contributed by atoms with Crippen molar-refractivity contribution >= 4 is 16.1 Å². The second kappa shape index (κ2) is 8.62. The molecule has 1 aliphatic heterocycles. The predicted molar refractivity (Wildman–Crippen MR) is 95.7 cm³/mol. The van der Waals surface area contributed by atoms with E-state index in [9.17, 15) is 13.2 Å². The number of aryl methyl sites for hydroxylation is 1. The predicted octanol–water partition coefficient (Wildman–Crippen LogP) is 2.30. The summed E-state index contributed by atoms with van der Waals surface area (Å²) >= 11 is 0. The maximum atomic E-state index is 12.2. The van der Waals surface area contributed by atoms with Crippen LogP contribution in [0.2, 0.25) is 0 Å². The summed E-state index contributed by atoms with van der Waals surface area (Å²) in [6.07, 6.45) is -1.32. The molecular weight excluding hydrogens is 372 g/mol. The molecule has 1 heterocycles. The van der Waals surface area contributed by atoms with Crippen LogP contribution in [-0.4, -0.2) is 46.6 Å². The first kappa shape index (κ1) is 19.5. The fourth-order valence-electron chi connectivity index (χ4n) is 2.42. The van der Waals surface area contributed by atoms with E-state index in [1.807, 2.05) is 6.92 Å². The molecule has 0 radical (unpaired) electrons. The smallest absolute Gasteiger partial charge is 0.338 e. The first-order valence-electron chi connectivity index (χ1n) is 8.39. The van der Waals surface area contributed by atoms with Crippen LogP contribution in [0.3, 0.4) is 0 Å². The molecule has 3 rings (SSSR count). The van der Waals surface area contributed by atoms with Crippen molar-refractivity contribution < 1.29 is 31.6 Å². The Morgan fingerprint density at radius 2 is 1.78 bits per heavy atom. The number of rotatable bonds is 7. The van der Waals surface area contributed by atoms with Gasteiger partial charge in [-0.1, -0.05) is 35.9 Å². The van der Waals surface area contributed by atoms with Gasteiger partial charge in [0.2, 0.25) is 0 Å². The van der Waals surface area contributed by atoms with Gasteiger partial charge in [0.1, 0.15) is 12.7 Å². The van der Waals surface area contributed by atoms with Crippen molar-refractivity contribution in [1.82, 2.24) is 0 Å². The van der Waals surface area contributed by atoms with Crippen molar-refractivity contribution in [1.29, 1.82) is 0 Å². The van der Waals surface area contributed by atoms with Crippen molar-refractivity contribution in [3.63, 3.8) is 0 Å². The maximum absolute atomic E-state index is 12.2. The molecule has 2 aromatic rings. The molecule has 0 aromatic heterocycles. The van der Waals surface area contributed by atoms with Crippen LogP contribution in [0.25, 0.3) is 0 Å². The summed E-state index contributed by atoms with van der Waals surface area (Å²) < 4.78 is 45.4. The maximum Gasteiger partial charge on any atom is 0.338 e. The number of esters is 1. The zero-order valence-electron chi connectivity index (χ0n) is 14.7. The lowest BCUT2D eigenvalue weighted by molar-refractivity contribution is -0.0959. The third-order valence-corrected chi connectivity index (χ3v) is 5.19. The number of hydrogen-bond donors (Lipinski definition) is 0. The van der Waals surface area contributed by atoms with Gasteiger partial charge >= 0.3 is 5.97 Å². The molecule has 7 nitrogen and oxygen atoms in total. The van der Waals surface area contributed by atoms with Gasteiger partial charge in [-0.25, -0.2) is 4.79 Å². The third kappa shape index (κ3) is 5.36. The molecule has 2 unspecified atom stereocenters. The molecule has 2 aromatic carbocycles. The lowest BCUT2D eigenvalue weighted by atomic mass is 10.2. The lowest BCUT2D eigenvalue weighted by Gasteiger charge is -2.12. The van der Waals surface area contributed by atoms with Gasteiger partial charge in [-0.2, -0.15) is 8.42 Å². The van der Waals surface area contributed by atoms with E-state index in [0.29, 0.717) is 5.56 Å². The molecule has 0 saturated carbocycles. The van der Waals surface area contributed by atoms with Crippen LogP contribution in [-0.2, 0) is 28.5 Å². The average Bonchev–Trinajstić information content (AvgIpc) is 3.14. The molecule has 0 bridgehead atoms. The lowest BCUT2D eigenvalue weighted by Crippen LogP contribution is -2.24. The summed E-state index contributed by atoms with van der Waals surface area (Å²) in [5.74, 6) is -0.482. The van der Waals surface area contributed by atoms with Crippen LogP contribution in [0.5, 0.6) is 0 Å². The second-order valence-electron chi connectivity index (χ2n) is 6.04. The van der Waals surface area contributed by atoms with Crippen molar-refractivity contribution in [3.05, 3.63) is 65.7 Å². The van der Waals surface area contributed by atoms with Crippen LogP contribution >= 0.6 is 0 Å². The van der Waals surface area contributed by atoms with Gasteiger partial charge in [-0.05, 0) is 31.2 Å². The summed E-state index contributed by atoms with van der Waals surface area (Å²) in [6, 6.07) is 14.9. The Bertz CT molecular complexity index is 863. The number of carbonyl (C=O) groups is 1. The highest BCUT2D eigenvalue weighted by atomic mass is 32.2. The summed E-state index contributed by atoms with van der Waals surface area (Å²) in [4.78, 5) is 12.0. The van der Waals surface area contributed by atoms with E-state index in [1.165, 1.54) is 12.1 Å². The Morgan fingerprint density at radius 3 is 2.48 bits per heavy atom. The van der Waals surface area contributed by atoms with Crippen LogP contribution in [0.15, 0.2) is 59.5 Å². The summed E-state index contributed by atoms with van der Waals surface area (Å²) in [5.41, 5.74) is 1.38. The number of hydrogen-bond acceptors (Lipinski definition) is 7. The summed E-state index contributed by atoms with van der Waals surface area (Å²) in [5, 5.41) is 0. The Hall–Kier alpha value is -2.26. The zero-order chi connectivity index (χ0) is 19.3.